The highest BCUT2D eigenvalue weighted by Crippen LogP contribution is 2.38. The Bertz CT molecular complexity index is 501. The van der Waals surface area contributed by atoms with Gasteiger partial charge in [-0.1, -0.05) is 34.1 Å². The lowest BCUT2D eigenvalue weighted by atomic mass is 10.1. The van der Waals surface area contributed by atoms with Gasteiger partial charge in [-0.15, -0.1) is 0 Å². The summed E-state index contributed by atoms with van der Waals surface area (Å²) in [6, 6.07) is 5.84. The molecule has 0 radical (unpaired) electrons. The van der Waals surface area contributed by atoms with Gasteiger partial charge in [0.1, 0.15) is 0 Å². The molecule has 1 aliphatic rings. The highest BCUT2D eigenvalue weighted by atomic mass is 79.9. The Morgan fingerprint density at radius 3 is 2.78 bits per heavy atom. The van der Waals surface area contributed by atoms with Crippen molar-refractivity contribution in [1.82, 2.24) is 5.32 Å². The van der Waals surface area contributed by atoms with Crippen LogP contribution in [0.4, 0.5) is 0 Å². The first-order valence-corrected chi connectivity index (χ1v) is 6.54. The van der Waals surface area contributed by atoms with E-state index in [-0.39, 0.29) is 11.8 Å². The van der Waals surface area contributed by atoms with E-state index in [0.29, 0.717) is 13.0 Å². The third-order valence-electron chi connectivity index (χ3n) is 3.17. The predicted molar refractivity (Wildman–Crippen MR) is 70.0 cm³/mol. The summed E-state index contributed by atoms with van der Waals surface area (Å²) in [6.07, 6.45) is 0.455. The number of benzene rings is 1. The van der Waals surface area contributed by atoms with E-state index in [2.05, 4.69) is 21.2 Å². The highest BCUT2D eigenvalue weighted by molar-refractivity contribution is 9.10. The maximum absolute atomic E-state index is 11.7. The highest BCUT2D eigenvalue weighted by Gasteiger charge is 2.48. The lowest BCUT2D eigenvalue weighted by molar-refractivity contribution is -0.140. The van der Waals surface area contributed by atoms with Crippen LogP contribution in [0, 0.1) is 18.8 Å². The monoisotopic (exact) mass is 311 g/mol. The number of hydrogen-bond donors (Lipinski definition) is 2. The first kappa shape index (κ1) is 13.1. The number of carboxylic acid groups (broad SMARTS) is 1. The maximum atomic E-state index is 11.7. The third-order valence-corrected chi connectivity index (χ3v) is 4.30. The maximum Gasteiger partial charge on any atom is 0.307 e. The van der Waals surface area contributed by atoms with Crippen molar-refractivity contribution in [2.75, 3.05) is 0 Å². The molecule has 2 unspecified atom stereocenters. The number of hydrogen-bond acceptors (Lipinski definition) is 2. The molecule has 2 atom stereocenters. The van der Waals surface area contributed by atoms with Crippen molar-refractivity contribution in [3.05, 3.63) is 33.8 Å². The Hall–Kier alpha value is -1.36. The molecule has 96 valence electrons. The normalized spacial score (nSPS) is 21.4. The average molecular weight is 312 g/mol. The average Bonchev–Trinajstić information content (AvgIpc) is 3.11. The molecule has 5 heteroatoms. The lowest BCUT2D eigenvalue weighted by Gasteiger charge is -2.08. The second-order valence-corrected chi connectivity index (χ2v) is 5.35. The topological polar surface area (TPSA) is 66.4 Å². The van der Waals surface area contributed by atoms with E-state index in [0.717, 1.165) is 15.6 Å². The number of carboxylic acids is 1. The summed E-state index contributed by atoms with van der Waals surface area (Å²) in [4.78, 5) is 22.4. The standard InChI is InChI=1S/C13H14BrNO3/c1-7-3-2-4-8(11(7)14)6-15-12(16)9-5-10(9)13(17)18/h2-4,9-10H,5-6H2,1H3,(H,15,16)(H,17,18). The molecule has 2 rings (SSSR count). The molecule has 1 aliphatic carbocycles. The molecular weight excluding hydrogens is 298 g/mol. The van der Waals surface area contributed by atoms with E-state index < -0.39 is 11.9 Å². The number of nitrogens with one attached hydrogen (secondary N) is 1. The minimum absolute atomic E-state index is 0.171. The number of carbonyl (C=O) groups is 2. The molecule has 0 saturated heterocycles. The Morgan fingerprint density at radius 1 is 1.44 bits per heavy atom. The molecule has 18 heavy (non-hydrogen) atoms. The molecule has 0 aromatic heterocycles. The van der Waals surface area contributed by atoms with E-state index in [1.165, 1.54) is 0 Å². The SMILES string of the molecule is Cc1cccc(CNC(=O)C2CC2C(=O)O)c1Br. The van der Waals surface area contributed by atoms with Gasteiger partial charge in [0.05, 0.1) is 11.8 Å². The van der Waals surface area contributed by atoms with Crippen LogP contribution in [0.25, 0.3) is 0 Å². The van der Waals surface area contributed by atoms with Gasteiger partial charge in [-0.25, -0.2) is 0 Å². The summed E-state index contributed by atoms with van der Waals surface area (Å²) in [5, 5.41) is 11.5. The minimum Gasteiger partial charge on any atom is -0.481 e. The van der Waals surface area contributed by atoms with Crippen molar-refractivity contribution in [2.45, 2.75) is 19.9 Å². The van der Waals surface area contributed by atoms with E-state index in [4.69, 9.17) is 5.11 Å². The first-order chi connectivity index (χ1) is 8.50. The van der Waals surface area contributed by atoms with Crippen molar-refractivity contribution in [3.63, 3.8) is 0 Å². The molecule has 1 aromatic carbocycles. The summed E-state index contributed by atoms with van der Waals surface area (Å²) >= 11 is 3.47. The van der Waals surface area contributed by atoms with Gasteiger partial charge in [-0.3, -0.25) is 9.59 Å². The van der Waals surface area contributed by atoms with E-state index in [1.807, 2.05) is 25.1 Å². The van der Waals surface area contributed by atoms with Gasteiger partial charge in [0.15, 0.2) is 0 Å². The third kappa shape index (κ3) is 2.72. The van der Waals surface area contributed by atoms with Gasteiger partial charge in [0.2, 0.25) is 5.91 Å². The summed E-state index contributed by atoms with van der Waals surface area (Å²) in [7, 11) is 0. The van der Waals surface area contributed by atoms with E-state index in [1.54, 1.807) is 0 Å². The zero-order chi connectivity index (χ0) is 13.3. The quantitative estimate of drug-likeness (QED) is 0.895. The lowest BCUT2D eigenvalue weighted by Crippen LogP contribution is -2.26. The number of aliphatic carboxylic acids is 1. The van der Waals surface area contributed by atoms with Crippen LogP contribution in [0.3, 0.4) is 0 Å². The largest absolute Gasteiger partial charge is 0.481 e. The van der Waals surface area contributed by atoms with Gasteiger partial charge in [0.25, 0.3) is 0 Å². The molecule has 4 nitrogen and oxygen atoms in total. The zero-order valence-electron chi connectivity index (χ0n) is 9.94. The molecule has 2 N–H and O–H groups in total. The Morgan fingerprint density at radius 2 is 2.17 bits per heavy atom. The van der Waals surface area contributed by atoms with Crippen LogP contribution in [0.1, 0.15) is 17.5 Å². The Balaban J connectivity index is 1.91. The van der Waals surface area contributed by atoms with E-state index in [9.17, 15) is 9.59 Å². The fraction of sp³-hybridized carbons (Fsp3) is 0.385. The number of aryl methyl sites for hydroxylation is 1. The zero-order valence-corrected chi connectivity index (χ0v) is 11.5. The van der Waals surface area contributed by atoms with Crippen molar-refractivity contribution < 1.29 is 14.7 Å². The second kappa shape index (κ2) is 5.10. The van der Waals surface area contributed by atoms with Gasteiger partial charge in [-0.05, 0) is 24.5 Å². The predicted octanol–water partition coefficient (Wildman–Crippen LogP) is 2.09. The fourth-order valence-electron chi connectivity index (χ4n) is 1.92. The summed E-state index contributed by atoms with van der Waals surface area (Å²) < 4.78 is 0.982. The van der Waals surface area contributed by atoms with Crippen molar-refractivity contribution in [3.8, 4) is 0 Å². The van der Waals surface area contributed by atoms with Crippen molar-refractivity contribution in [1.29, 1.82) is 0 Å². The summed E-state index contributed by atoms with van der Waals surface area (Å²) in [5.74, 6) is -1.90. The van der Waals surface area contributed by atoms with E-state index >= 15 is 0 Å². The summed E-state index contributed by atoms with van der Waals surface area (Å²) in [6.45, 7) is 2.40. The molecule has 1 amide bonds. The van der Waals surface area contributed by atoms with Crippen LogP contribution in [-0.4, -0.2) is 17.0 Å². The molecule has 0 spiro atoms. The number of halogens is 1. The minimum atomic E-state index is -0.883. The molecule has 1 fully saturated rings. The van der Waals surface area contributed by atoms with Crippen LogP contribution in [0.2, 0.25) is 0 Å². The van der Waals surface area contributed by atoms with Gasteiger partial charge in [0, 0.05) is 11.0 Å². The molecular formula is C13H14BrNO3. The van der Waals surface area contributed by atoms with Gasteiger partial charge >= 0.3 is 5.97 Å². The van der Waals surface area contributed by atoms with Crippen LogP contribution in [0.15, 0.2) is 22.7 Å². The molecule has 0 heterocycles. The second-order valence-electron chi connectivity index (χ2n) is 4.55. The van der Waals surface area contributed by atoms with Crippen molar-refractivity contribution >= 4 is 27.8 Å². The Labute approximate surface area is 114 Å². The summed E-state index contributed by atoms with van der Waals surface area (Å²) in [5.41, 5.74) is 2.10. The van der Waals surface area contributed by atoms with Crippen LogP contribution < -0.4 is 5.32 Å². The molecule has 1 aromatic rings. The van der Waals surface area contributed by atoms with Crippen LogP contribution in [0.5, 0.6) is 0 Å². The van der Waals surface area contributed by atoms with Crippen molar-refractivity contribution in [2.24, 2.45) is 11.8 Å². The number of carbonyl (C=O) groups excluding carboxylic acids is 1. The van der Waals surface area contributed by atoms with Crippen LogP contribution in [-0.2, 0) is 16.1 Å². The molecule has 0 aliphatic heterocycles. The first-order valence-electron chi connectivity index (χ1n) is 5.75. The van der Waals surface area contributed by atoms with Gasteiger partial charge < -0.3 is 10.4 Å². The van der Waals surface area contributed by atoms with Crippen LogP contribution >= 0.6 is 15.9 Å². The smallest absolute Gasteiger partial charge is 0.307 e. The Kier molecular flexibility index (Phi) is 3.71. The molecule has 1 saturated carbocycles. The fourth-order valence-corrected chi connectivity index (χ4v) is 2.32. The van der Waals surface area contributed by atoms with Gasteiger partial charge in [-0.2, -0.15) is 0 Å². The molecule has 0 bridgehead atoms. The number of rotatable bonds is 4. The number of amides is 1.